The lowest BCUT2D eigenvalue weighted by Gasteiger charge is -2.30. The number of hydrogen-bond acceptors (Lipinski definition) is 9. The van der Waals surface area contributed by atoms with Gasteiger partial charge in [-0.3, -0.25) is 14.4 Å². The molecular weight excluding hydrogens is 769 g/mol. The maximum atomic E-state index is 14.0. The van der Waals surface area contributed by atoms with Crippen LogP contribution in [0.2, 0.25) is 0 Å². The number of amides is 4. The number of nitrogens with one attached hydrogen (secondary N) is 4. The minimum absolute atomic E-state index is 0.151. The van der Waals surface area contributed by atoms with Gasteiger partial charge in [-0.1, -0.05) is 39.8 Å². The van der Waals surface area contributed by atoms with Crippen molar-refractivity contribution in [2.75, 3.05) is 20.2 Å². The normalized spacial score (nSPS) is 17.9. The maximum absolute atomic E-state index is 14.0. The fourth-order valence-corrected chi connectivity index (χ4v) is 8.61. The molecule has 16 nitrogen and oxygen atoms in total. The predicted molar refractivity (Wildman–Crippen MR) is 224 cm³/mol. The van der Waals surface area contributed by atoms with Crippen LogP contribution < -0.4 is 16.1 Å². The van der Waals surface area contributed by atoms with Gasteiger partial charge >= 0.3 is 12.2 Å². The van der Waals surface area contributed by atoms with Gasteiger partial charge in [-0.25, -0.2) is 19.6 Å². The Morgan fingerprint density at radius 1 is 0.767 bits per heavy atom. The summed E-state index contributed by atoms with van der Waals surface area (Å²) in [5.41, 5.74) is 3.78. The van der Waals surface area contributed by atoms with E-state index < -0.39 is 24.3 Å². The van der Waals surface area contributed by atoms with E-state index >= 15 is 0 Å². The number of carbonyl (C=O) groups is 4. The Balaban J connectivity index is 1.04. The van der Waals surface area contributed by atoms with E-state index in [4.69, 9.17) is 9.15 Å². The van der Waals surface area contributed by atoms with E-state index in [1.54, 1.807) is 40.4 Å². The monoisotopic (exact) mass is 816 g/mol. The highest BCUT2D eigenvalue weighted by Crippen LogP contribution is 2.36. The van der Waals surface area contributed by atoms with E-state index in [1.165, 1.54) is 7.11 Å². The summed E-state index contributed by atoms with van der Waals surface area (Å²) in [6, 6.07) is 12.8. The van der Waals surface area contributed by atoms with Crippen molar-refractivity contribution >= 4 is 56.7 Å². The lowest BCUT2D eigenvalue weighted by atomic mass is 10.0. The van der Waals surface area contributed by atoms with E-state index in [9.17, 15) is 29.1 Å². The van der Waals surface area contributed by atoms with Gasteiger partial charge in [0.1, 0.15) is 34.9 Å². The van der Waals surface area contributed by atoms with Gasteiger partial charge < -0.3 is 44.7 Å². The Kier molecular flexibility index (Phi) is 10.8. The lowest BCUT2D eigenvalue weighted by molar-refractivity contribution is -0.136. The molecule has 2 fully saturated rings. The molecule has 0 aliphatic carbocycles. The summed E-state index contributed by atoms with van der Waals surface area (Å²) < 4.78 is 11.2. The van der Waals surface area contributed by atoms with Gasteiger partial charge in [-0.15, -0.1) is 0 Å². The second-order valence-corrected chi connectivity index (χ2v) is 16.3. The molecule has 0 radical (unpaired) electrons. The Bertz CT molecular complexity index is 2700. The van der Waals surface area contributed by atoms with Gasteiger partial charge in [-0.2, -0.15) is 0 Å². The first-order valence-electron chi connectivity index (χ1n) is 20.3. The number of aromatic amines is 2. The van der Waals surface area contributed by atoms with Gasteiger partial charge in [0.25, 0.3) is 0 Å². The van der Waals surface area contributed by atoms with Crippen LogP contribution in [-0.4, -0.2) is 91.1 Å². The summed E-state index contributed by atoms with van der Waals surface area (Å²) in [5, 5.41) is 16.9. The van der Waals surface area contributed by atoms with Crippen molar-refractivity contribution in [3.63, 3.8) is 0 Å². The number of imidazole rings is 2. The Morgan fingerprint density at radius 2 is 1.32 bits per heavy atom. The second-order valence-electron chi connectivity index (χ2n) is 16.3. The van der Waals surface area contributed by atoms with Crippen LogP contribution in [0, 0.1) is 11.8 Å². The van der Waals surface area contributed by atoms with Gasteiger partial charge in [0.05, 0.1) is 53.7 Å². The van der Waals surface area contributed by atoms with Crippen molar-refractivity contribution in [2.45, 2.75) is 77.5 Å². The molecule has 2 aliphatic heterocycles. The molecule has 2 aliphatic rings. The molecule has 3 aromatic carbocycles. The molecule has 2 saturated heterocycles. The maximum Gasteiger partial charge on any atom is 0.407 e. The third-order valence-electron chi connectivity index (χ3n) is 11.8. The van der Waals surface area contributed by atoms with Crippen LogP contribution in [0.5, 0.6) is 0 Å². The fourth-order valence-electron chi connectivity index (χ4n) is 8.61. The van der Waals surface area contributed by atoms with Crippen LogP contribution in [0.4, 0.5) is 9.59 Å². The summed E-state index contributed by atoms with van der Waals surface area (Å²) in [6.45, 7) is 8.42. The number of alkyl carbamates (subject to hydrolysis) is 1. The van der Waals surface area contributed by atoms with Crippen molar-refractivity contribution in [3.05, 3.63) is 82.8 Å². The highest BCUT2D eigenvalue weighted by atomic mass is 16.5. The average molecular weight is 817 g/mol. The molecule has 4 atom stereocenters. The first kappa shape index (κ1) is 40.1. The number of aromatic nitrogens is 4. The molecule has 0 bridgehead atoms. The number of hydrogen-bond donors (Lipinski definition) is 5. The molecule has 16 heteroatoms. The van der Waals surface area contributed by atoms with Crippen molar-refractivity contribution in [3.8, 4) is 22.5 Å². The first-order chi connectivity index (χ1) is 28.8. The third-order valence-corrected chi connectivity index (χ3v) is 11.8. The van der Waals surface area contributed by atoms with Crippen LogP contribution in [-0.2, 0) is 14.3 Å². The largest absolute Gasteiger partial charge is 0.465 e. The van der Waals surface area contributed by atoms with E-state index in [1.807, 2.05) is 58.0 Å². The topological polar surface area (TPSA) is 216 Å². The Labute approximate surface area is 344 Å². The van der Waals surface area contributed by atoms with Crippen molar-refractivity contribution in [2.24, 2.45) is 11.8 Å². The highest BCUT2D eigenvalue weighted by molar-refractivity contribution is 6.07. The molecule has 5 heterocycles. The minimum atomic E-state index is -1.23. The molecule has 312 valence electrons. The zero-order valence-electron chi connectivity index (χ0n) is 34.1. The number of carboxylic acid groups (broad SMARTS) is 1. The molecule has 3 aromatic heterocycles. The lowest BCUT2D eigenvalue weighted by Crippen LogP contribution is -2.51. The van der Waals surface area contributed by atoms with Gasteiger partial charge in [-0.05, 0) is 79.3 Å². The second kappa shape index (κ2) is 16.2. The fraction of sp³-hybridized carbons (Fsp3) is 0.386. The molecule has 60 heavy (non-hydrogen) atoms. The summed E-state index contributed by atoms with van der Waals surface area (Å²) in [4.78, 5) is 84.1. The zero-order chi connectivity index (χ0) is 42.4. The van der Waals surface area contributed by atoms with Gasteiger partial charge in [0, 0.05) is 29.6 Å². The Morgan fingerprint density at radius 3 is 1.88 bits per heavy atom. The van der Waals surface area contributed by atoms with Crippen LogP contribution in [0.25, 0.3) is 55.2 Å². The molecule has 5 N–H and O–H groups in total. The molecule has 4 amide bonds. The number of likely N-dealkylation sites (tertiary alicyclic amines) is 2. The number of H-pyrrole nitrogens is 2. The number of nitrogens with zero attached hydrogens (tertiary/aromatic N) is 4. The number of rotatable bonds is 10. The number of methoxy groups -OCH3 is 1. The van der Waals surface area contributed by atoms with Crippen LogP contribution >= 0.6 is 0 Å². The Hall–Kier alpha value is -6.71. The smallest absolute Gasteiger partial charge is 0.407 e. The first-order valence-corrected chi connectivity index (χ1v) is 20.3. The van der Waals surface area contributed by atoms with Crippen molar-refractivity contribution in [1.82, 2.24) is 40.4 Å². The molecule has 6 aromatic rings. The summed E-state index contributed by atoms with van der Waals surface area (Å²) in [5.74, 6) is 0.434. The van der Waals surface area contributed by atoms with Crippen LogP contribution in [0.15, 0.2) is 70.1 Å². The van der Waals surface area contributed by atoms with Crippen molar-refractivity contribution in [1.29, 1.82) is 0 Å². The molecule has 0 saturated carbocycles. The minimum Gasteiger partial charge on any atom is -0.465 e. The van der Waals surface area contributed by atoms with Gasteiger partial charge in [0.2, 0.25) is 17.2 Å². The average Bonchev–Trinajstić information content (AvgIpc) is 4.08. The number of carbonyl (C=O) groups excluding carboxylic acids is 3. The standard InChI is InChI=1S/C44H48N8O8/c1-22(2)35(49-43(56)57)41(54)51-16-6-8-32(51)39-45-20-30(47-39)25-11-13-27-24(18-25)10-14-28-37(53)29-19-26(12-15-34(29)60-38(27)28)31-21-46-40(48-31)33-9-7-17-52(33)42(55)36(23(3)4)50-44(58)59-5/h10-15,18-23,32-33,35-36,49H,6-9,16-17H2,1-5H3,(H,45,47)(H,46,48)(H,50,58)(H,56,57)/t32-,33-,35?,36?/m1/s1. The van der Waals surface area contributed by atoms with Crippen molar-refractivity contribution < 1.29 is 33.4 Å². The van der Waals surface area contributed by atoms with E-state index in [0.29, 0.717) is 65.2 Å². The molecular formula is C44H48N8O8. The molecule has 0 spiro atoms. The summed E-state index contributed by atoms with van der Waals surface area (Å²) in [7, 11) is 1.27. The highest BCUT2D eigenvalue weighted by Gasteiger charge is 2.39. The third kappa shape index (κ3) is 7.41. The van der Waals surface area contributed by atoms with Crippen LogP contribution in [0.3, 0.4) is 0 Å². The molecule has 2 unspecified atom stereocenters. The zero-order valence-corrected chi connectivity index (χ0v) is 34.1. The summed E-state index contributed by atoms with van der Waals surface area (Å²) in [6.07, 6.45) is 4.53. The SMILES string of the molecule is COC(=O)NC(C(=O)N1CCC[C@@H]1c1ncc(-c2ccc3oc4c(ccc5cc(-c6cnc([C@H]7CCCN7C(=O)C(NC(=O)O)C(C)C)[nH]6)ccc54)c(=O)c3c2)[nH]1)C(C)C. The van der Waals surface area contributed by atoms with Gasteiger partial charge in [0.15, 0.2) is 0 Å². The number of benzene rings is 3. The van der Waals surface area contributed by atoms with E-state index in [2.05, 4.69) is 30.6 Å². The number of ether oxygens (including phenoxy) is 1. The molecule has 8 rings (SSSR count). The van der Waals surface area contributed by atoms with Crippen LogP contribution in [0.1, 0.15) is 77.1 Å². The van der Waals surface area contributed by atoms with E-state index in [-0.39, 0.29) is 41.2 Å². The number of fused-ring (bicyclic) bond motifs is 4. The summed E-state index contributed by atoms with van der Waals surface area (Å²) >= 11 is 0. The predicted octanol–water partition coefficient (Wildman–Crippen LogP) is 6.88. The quantitative estimate of drug-likeness (QED) is 0.0714. The van der Waals surface area contributed by atoms with E-state index in [0.717, 1.165) is 40.4 Å².